The first-order valence-corrected chi connectivity index (χ1v) is 9.56. The summed E-state index contributed by atoms with van der Waals surface area (Å²) in [5.41, 5.74) is 0. The number of nitrogens with zero attached hydrogens (tertiary/aromatic N) is 2. The fourth-order valence-corrected chi connectivity index (χ4v) is 4.31. The summed E-state index contributed by atoms with van der Waals surface area (Å²) in [5, 5.41) is 3.40. The number of piperidine rings is 2. The van der Waals surface area contributed by atoms with Crippen molar-refractivity contribution in [1.29, 1.82) is 0 Å². The molecule has 0 spiro atoms. The van der Waals surface area contributed by atoms with Gasteiger partial charge in [0.2, 0.25) is 5.91 Å². The van der Waals surface area contributed by atoms with Crippen LogP contribution in [0.3, 0.4) is 0 Å². The summed E-state index contributed by atoms with van der Waals surface area (Å²) in [6.07, 6.45) is 6.94. The summed E-state index contributed by atoms with van der Waals surface area (Å²) in [6, 6.07) is 0.648. The zero-order valence-corrected chi connectivity index (χ0v) is 14.6. The van der Waals surface area contributed by atoms with E-state index in [4.69, 9.17) is 4.74 Å². The zero-order valence-electron chi connectivity index (χ0n) is 14.6. The Morgan fingerprint density at radius 2 is 1.87 bits per heavy atom. The molecule has 0 aromatic rings. The molecule has 3 saturated heterocycles. The molecule has 23 heavy (non-hydrogen) atoms. The molecule has 132 valence electrons. The maximum atomic E-state index is 12.5. The molecule has 0 radical (unpaired) electrons. The van der Waals surface area contributed by atoms with Crippen LogP contribution in [0, 0.1) is 5.92 Å². The van der Waals surface area contributed by atoms with Gasteiger partial charge in [0, 0.05) is 38.6 Å². The van der Waals surface area contributed by atoms with E-state index in [9.17, 15) is 4.79 Å². The lowest BCUT2D eigenvalue weighted by Gasteiger charge is -2.41. The van der Waals surface area contributed by atoms with Gasteiger partial charge >= 0.3 is 0 Å². The van der Waals surface area contributed by atoms with E-state index in [1.54, 1.807) is 0 Å². The predicted molar refractivity (Wildman–Crippen MR) is 91.4 cm³/mol. The Hall–Kier alpha value is -0.650. The van der Waals surface area contributed by atoms with Gasteiger partial charge in [0.1, 0.15) is 0 Å². The molecule has 3 aliphatic heterocycles. The Morgan fingerprint density at radius 3 is 2.57 bits per heavy atom. The third-order valence-electron chi connectivity index (χ3n) is 5.83. The number of rotatable bonds is 4. The lowest BCUT2D eigenvalue weighted by Crippen LogP contribution is -2.51. The van der Waals surface area contributed by atoms with Crippen molar-refractivity contribution in [3.05, 3.63) is 0 Å². The van der Waals surface area contributed by atoms with Gasteiger partial charge in [0.05, 0.1) is 12.7 Å². The fraction of sp³-hybridized carbons (Fsp3) is 0.944. The average molecular weight is 323 g/mol. The highest BCUT2D eigenvalue weighted by molar-refractivity contribution is 5.76. The number of likely N-dealkylation sites (tertiary alicyclic amines) is 1. The van der Waals surface area contributed by atoms with E-state index < -0.39 is 0 Å². The summed E-state index contributed by atoms with van der Waals surface area (Å²) in [7, 11) is 0. The van der Waals surface area contributed by atoms with Crippen LogP contribution in [0.2, 0.25) is 0 Å². The number of hydrogen-bond donors (Lipinski definition) is 1. The van der Waals surface area contributed by atoms with Crippen LogP contribution in [0.15, 0.2) is 0 Å². The molecule has 3 aliphatic rings. The van der Waals surface area contributed by atoms with Crippen LogP contribution >= 0.6 is 0 Å². The van der Waals surface area contributed by atoms with Gasteiger partial charge in [-0.2, -0.15) is 0 Å². The summed E-state index contributed by atoms with van der Waals surface area (Å²) in [5.74, 6) is 1.14. The zero-order chi connectivity index (χ0) is 16.1. The van der Waals surface area contributed by atoms with Gasteiger partial charge in [-0.25, -0.2) is 0 Å². The van der Waals surface area contributed by atoms with Gasteiger partial charge in [-0.3, -0.25) is 9.69 Å². The van der Waals surface area contributed by atoms with Gasteiger partial charge < -0.3 is 15.0 Å². The number of nitrogens with one attached hydrogen (secondary N) is 1. The Bertz CT molecular complexity index is 376. The lowest BCUT2D eigenvalue weighted by molar-refractivity contribution is -0.133. The molecule has 0 aromatic carbocycles. The van der Waals surface area contributed by atoms with E-state index in [2.05, 4.69) is 22.0 Å². The molecular weight excluding hydrogens is 290 g/mol. The Balaban J connectivity index is 1.37. The standard InChI is InChI=1S/C18H33N3O2/c1-15-14-21(12-13-23-15)17-6-10-20(11-7-17)18(22)3-2-16-4-8-19-9-5-16/h15-17,19H,2-14H2,1H3. The highest BCUT2D eigenvalue weighted by Gasteiger charge is 2.29. The second kappa shape index (κ2) is 8.45. The van der Waals surface area contributed by atoms with Crippen LogP contribution in [-0.4, -0.2) is 73.7 Å². The van der Waals surface area contributed by atoms with E-state index in [-0.39, 0.29) is 0 Å². The number of morpholine rings is 1. The molecule has 3 fully saturated rings. The molecule has 0 saturated carbocycles. The molecule has 0 aromatic heterocycles. The number of carbonyl (C=O) groups excluding carboxylic acids is 1. The first-order valence-electron chi connectivity index (χ1n) is 9.56. The van der Waals surface area contributed by atoms with Crippen molar-refractivity contribution < 1.29 is 9.53 Å². The molecule has 5 nitrogen and oxygen atoms in total. The molecule has 1 unspecified atom stereocenters. The molecular formula is C18H33N3O2. The Labute approximate surface area is 140 Å². The Kier molecular flexibility index (Phi) is 6.31. The molecule has 1 N–H and O–H groups in total. The smallest absolute Gasteiger partial charge is 0.222 e. The van der Waals surface area contributed by atoms with Crippen molar-refractivity contribution in [2.45, 2.75) is 57.6 Å². The minimum absolute atomic E-state index is 0.355. The quantitative estimate of drug-likeness (QED) is 0.851. The van der Waals surface area contributed by atoms with Crippen LogP contribution in [-0.2, 0) is 9.53 Å². The summed E-state index contributed by atoms with van der Waals surface area (Å²) in [6.45, 7) is 9.27. The van der Waals surface area contributed by atoms with Crippen molar-refractivity contribution in [2.75, 3.05) is 45.9 Å². The fourth-order valence-electron chi connectivity index (χ4n) is 4.31. The largest absolute Gasteiger partial charge is 0.376 e. The number of hydrogen-bond acceptors (Lipinski definition) is 4. The highest BCUT2D eigenvalue weighted by atomic mass is 16.5. The van der Waals surface area contributed by atoms with Crippen LogP contribution < -0.4 is 5.32 Å². The van der Waals surface area contributed by atoms with E-state index in [1.165, 1.54) is 12.8 Å². The molecule has 0 bridgehead atoms. The summed E-state index contributed by atoms with van der Waals surface area (Å²) >= 11 is 0. The molecule has 5 heteroatoms. The van der Waals surface area contributed by atoms with Crippen LogP contribution in [0.25, 0.3) is 0 Å². The van der Waals surface area contributed by atoms with Gasteiger partial charge in [0.15, 0.2) is 0 Å². The SMILES string of the molecule is CC1CN(C2CCN(C(=O)CCC3CCNCC3)CC2)CCO1. The number of amides is 1. The third-order valence-corrected chi connectivity index (χ3v) is 5.83. The van der Waals surface area contributed by atoms with Crippen LogP contribution in [0.1, 0.15) is 45.4 Å². The number of carbonyl (C=O) groups is 1. The van der Waals surface area contributed by atoms with Crippen molar-refractivity contribution in [3.63, 3.8) is 0 Å². The summed E-state index contributed by atoms with van der Waals surface area (Å²) in [4.78, 5) is 17.1. The molecule has 0 aliphatic carbocycles. The third kappa shape index (κ3) is 4.91. The molecule has 1 amide bonds. The normalized spacial score (nSPS) is 28.9. The molecule has 3 rings (SSSR count). The van der Waals surface area contributed by atoms with Gasteiger partial charge in [0.25, 0.3) is 0 Å². The second-order valence-electron chi connectivity index (χ2n) is 7.52. The second-order valence-corrected chi connectivity index (χ2v) is 7.52. The minimum Gasteiger partial charge on any atom is -0.376 e. The predicted octanol–water partition coefficient (Wildman–Crippen LogP) is 1.48. The topological polar surface area (TPSA) is 44.8 Å². The highest BCUT2D eigenvalue weighted by Crippen LogP contribution is 2.22. The van der Waals surface area contributed by atoms with E-state index in [0.717, 1.165) is 77.5 Å². The average Bonchev–Trinajstić information content (AvgIpc) is 2.61. The molecule has 1 atom stereocenters. The van der Waals surface area contributed by atoms with Crippen molar-refractivity contribution in [2.24, 2.45) is 5.92 Å². The lowest BCUT2D eigenvalue weighted by atomic mass is 9.92. The Morgan fingerprint density at radius 1 is 1.13 bits per heavy atom. The minimum atomic E-state index is 0.355. The van der Waals surface area contributed by atoms with E-state index in [0.29, 0.717) is 18.1 Å². The first kappa shape index (κ1) is 17.2. The summed E-state index contributed by atoms with van der Waals surface area (Å²) < 4.78 is 5.64. The van der Waals surface area contributed by atoms with Crippen molar-refractivity contribution >= 4 is 5.91 Å². The van der Waals surface area contributed by atoms with Gasteiger partial charge in [-0.05, 0) is 58.0 Å². The van der Waals surface area contributed by atoms with Gasteiger partial charge in [-0.15, -0.1) is 0 Å². The van der Waals surface area contributed by atoms with Crippen LogP contribution in [0.5, 0.6) is 0 Å². The van der Waals surface area contributed by atoms with Crippen molar-refractivity contribution in [3.8, 4) is 0 Å². The maximum absolute atomic E-state index is 12.5. The van der Waals surface area contributed by atoms with Crippen molar-refractivity contribution in [1.82, 2.24) is 15.1 Å². The first-order chi connectivity index (χ1) is 11.2. The maximum Gasteiger partial charge on any atom is 0.222 e. The number of ether oxygens (including phenoxy) is 1. The van der Waals surface area contributed by atoms with Gasteiger partial charge in [-0.1, -0.05) is 0 Å². The molecule has 3 heterocycles. The van der Waals surface area contributed by atoms with Crippen LogP contribution in [0.4, 0.5) is 0 Å². The van der Waals surface area contributed by atoms with E-state index in [1.807, 2.05) is 0 Å². The van der Waals surface area contributed by atoms with E-state index >= 15 is 0 Å². The monoisotopic (exact) mass is 323 g/mol.